The Labute approximate surface area is 208 Å². The Balaban J connectivity index is 2.02. The second-order valence-corrected chi connectivity index (χ2v) is 11.9. The van der Waals surface area contributed by atoms with Gasteiger partial charge >= 0.3 is 0 Å². The first-order valence-electron chi connectivity index (χ1n) is 11.0. The normalized spacial score (nSPS) is 13.1. The van der Waals surface area contributed by atoms with E-state index in [1.807, 2.05) is 6.92 Å². The Morgan fingerprint density at radius 3 is 2.23 bits per heavy atom. The summed E-state index contributed by atoms with van der Waals surface area (Å²) in [5, 5.41) is 5.25. The summed E-state index contributed by atoms with van der Waals surface area (Å²) in [4.78, 5) is 17.6. The average Bonchev–Trinajstić information content (AvgIpc) is 3.15. The molecule has 0 aliphatic carbocycles. The van der Waals surface area contributed by atoms with Gasteiger partial charge in [0.1, 0.15) is 0 Å². The molecule has 13 heteroatoms. The number of rotatable bonds is 10. The van der Waals surface area contributed by atoms with Gasteiger partial charge in [0.05, 0.1) is 26.6 Å². The van der Waals surface area contributed by atoms with E-state index in [-0.39, 0.29) is 15.4 Å². The van der Waals surface area contributed by atoms with E-state index in [9.17, 15) is 21.6 Å². The van der Waals surface area contributed by atoms with Gasteiger partial charge in [-0.1, -0.05) is 25.2 Å². The summed E-state index contributed by atoms with van der Waals surface area (Å²) in [6, 6.07) is 10.1. The van der Waals surface area contributed by atoms with Crippen LogP contribution in [0.4, 0.5) is 0 Å². The number of thiazole rings is 1. The van der Waals surface area contributed by atoms with Crippen LogP contribution in [0.15, 0.2) is 57.2 Å². The molecule has 1 aromatic heterocycles. The van der Waals surface area contributed by atoms with E-state index >= 15 is 0 Å². The molecule has 0 unspecified atom stereocenters. The van der Waals surface area contributed by atoms with Crippen molar-refractivity contribution < 1.29 is 26.4 Å². The molecule has 0 spiro atoms. The Morgan fingerprint density at radius 1 is 1.03 bits per heavy atom. The molecule has 1 heterocycles. The minimum absolute atomic E-state index is 0.0360. The first kappa shape index (κ1) is 27.2. The van der Waals surface area contributed by atoms with Crippen LogP contribution in [-0.2, 0) is 31.3 Å². The summed E-state index contributed by atoms with van der Waals surface area (Å²) < 4.78 is 58.0. The number of nitrogens with zero attached hydrogens (tertiary/aromatic N) is 3. The predicted octanol–water partition coefficient (Wildman–Crippen LogP) is 2.16. The van der Waals surface area contributed by atoms with E-state index in [0.29, 0.717) is 47.9 Å². The lowest BCUT2D eigenvalue weighted by Gasteiger charge is -2.18. The molecule has 190 valence electrons. The molecule has 0 aliphatic heterocycles. The maximum Gasteiger partial charge on any atom is 0.279 e. The number of sulfonamides is 2. The zero-order valence-corrected chi connectivity index (χ0v) is 22.1. The van der Waals surface area contributed by atoms with Crippen LogP contribution in [0, 0.1) is 0 Å². The van der Waals surface area contributed by atoms with Gasteiger partial charge in [0.15, 0.2) is 4.80 Å². The number of ether oxygens (including phenoxy) is 1. The van der Waals surface area contributed by atoms with Gasteiger partial charge in [-0.05, 0) is 49.4 Å². The van der Waals surface area contributed by atoms with Gasteiger partial charge in [0, 0.05) is 31.8 Å². The number of hydrogen-bond donors (Lipinski definition) is 1. The Bertz CT molecular complexity index is 1490. The van der Waals surface area contributed by atoms with Crippen molar-refractivity contribution in [1.29, 1.82) is 0 Å². The molecule has 35 heavy (non-hydrogen) atoms. The third-order valence-electron chi connectivity index (χ3n) is 5.29. The van der Waals surface area contributed by atoms with Crippen LogP contribution >= 0.6 is 11.3 Å². The van der Waals surface area contributed by atoms with E-state index in [4.69, 9.17) is 9.88 Å². The molecule has 0 bridgehead atoms. The molecular formula is C22H28N4O6S3. The fourth-order valence-corrected chi connectivity index (χ4v) is 6.63. The van der Waals surface area contributed by atoms with E-state index in [1.54, 1.807) is 24.5 Å². The Morgan fingerprint density at radius 2 is 1.66 bits per heavy atom. The van der Waals surface area contributed by atoms with Crippen LogP contribution in [0.1, 0.15) is 31.1 Å². The van der Waals surface area contributed by atoms with Crippen molar-refractivity contribution in [2.75, 3.05) is 26.3 Å². The van der Waals surface area contributed by atoms with E-state index in [1.165, 1.54) is 40.7 Å². The molecule has 1 amide bonds. The summed E-state index contributed by atoms with van der Waals surface area (Å²) in [5.41, 5.74) is 0.914. The molecule has 0 saturated carbocycles. The first-order valence-corrected chi connectivity index (χ1v) is 14.8. The summed E-state index contributed by atoms with van der Waals surface area (Å²) in [5.74, 6) is -0.555. The van der Waals surface area contributed by atoms with E-state index in [2.05, 4.69) is 4.99 Å². The van der Waals surface area contributed by atoms with Crippen molar-refractivity contribution in [3.63, 3.8) is 0 Å². The van der Waals surface area contributed by atoms with Gasteiger partial charge < -0.3 is 9.30 Å². The molecule has 0 atom stereocenters. The minimum atomic E-state index is -3.89. The van der Waals surface area contributed by atoms with Crippen molar-refractivity contribution in [2.24, 2.45) is 10.1 Å². The number of amides is 1. The SMILES string of the molecule is CCOCCn1c(=NC(=O)c2ccc(S(=O)(=O)N(CC)CC)cc2)sc2cc(S(N)(=O)=O)ccc21. The highest BCUT2D eigenvalue weighted by atomic mass is 32.2. The van der Waals surface area contributed by atoms with Crippen LogP contribution < -0.4 is 9.94 Å². The number of fused-ring (bicyclic) bond motifs is 1. The van der Waals surface area contributed by atoms with Gasteiger partial charge in [-0.25, -0.2) is 22.0 Å². The highest BCUT2D eigenvalue weighted by Crippen LogP contribution is 2.22. The lowest BCUT2D eigenvalue weighted by Crippen LogP contribution is -2.30. The van der Waals surface area contributed by atoms with E-state index < -0.39 is 26.0 Å². The molecule has 3 rings (SSSR count). The van der Waals surface area contributed by atoms with Crippen molar-refractivity contribution in [2.45, 2.75) is 37.1 Å². The third kappa shape index (κ3) is 6.05. The number of carbonyl (C=O) groups is 1. The van der Waals surface area contributed by atoms with Crippen molar-refractivity contribution in [1.82, 2.24) is 8.87 Å². The molecule has 2 N–H and O–H groups in total. The molecule has 0 saturated heterocycles. The number of primary sulfonamides is 1. The molecular weight excluding hydrogens is 512 g/mol. The predicted molar refractivity (Wildman–Crippen MR) is 134 cm³/mol. The van der Waals surface area contributed by atoms with Crippen molar-refractivity contribution >= 4 is 47.5 Å². The van der Waals surface area contributed by atoms with Gasteiger partial charge in [-0.15, -0.1) is 0 Å². The summed E-state index contributed by atoms with van der Waals surface area (Å²) in [7, 11) is -7.53. The smallest absolute Gasteiger partial charge is 0.279 e. The lowest BCUT2D eigenvalue weighted by molar-refractivity contribution is 0.0996. The second-order valence-electron chi connectivity index (χ2n) is 7.44. The summed E-state index contributed by atoms with van der Waals surface area (Å²) in [6.45, 7) is 7.37. The zero-order valence-electron chi connectivity index (χ0n) is 19.7. The Kier molecular flexibility index (Phi) is 8.62. The number of carbonyl (C=O) groups excluding carboxylic acids is 1. The molecule has 10 nitrogen and oxygen atoms in total. The maximum atomic E-state index is 12.9. The standard InChI is InChI=1S/C22H28N4O6S3/c1-4-25(5-2)35(30,31)17-9-7-16(8-10-17)21(27)24-22-26(13-14-32-6-3)19-12-11-18(34(23,28)29)15-20(19)33-22/h7-12,15H,4-6,13-14H2,1-3H3,(H2,23,28,29). The lowest BCUT2D eigenvalue weighted by atomic mass is 10.2. The number of benzene rings is 2. The molecule has 0 radical (unpaired) electrons. The fourth-order valence-electron chi connectivity index (χ4n) is 3.47. The topological polar surface area (TPSA) is 141 Å². The quantitative estimate of drug-likeness (QED) is 0.391. The molecule has 0 aliphatic rings. The van der Waals surface area contributed by atoms with Gasteiger partial charge in [0.2, 0.25) is 20.0 Å². The van der Waals surface area contributed by atoms with Crippen LogP contribution in [0.2, 0.25) is 0 Å². The first-order chi connectivity index (χ1) is 16.5. The largest absolute Gasteiger partial charge is 0.380 e. The maximum absolute atomic E-state index is 12.9. The van der Waals surface area contributed by atoms with Crippen LogP contribution in [0.3, 0.4) is 0 Å². The highest BCUT2D eigenvalue weighted by Gasteiger charge is 2.22. The number of nitrogens with two attached hydrogens (primary N) is 1. The van der Waals surface area contributed by atoms with E-state index in [0.717, 1.165) is 11.3 Å². The van der Waals surface area contributed by atoms with Gasteiger partial charge in [-0.2, -0.15) is 9.30 Å². The van der Waals surface area contributed by atoms with Crippen LogP contribution in [-0.4, -0.2) is 57.9 Å². The van der Waals surface area contributed by atoms with Crippen molar-refractivity contribution in [3.05, 3.63) is 52.8 Å². The summed E-state index contributed by atoms with van der Waals surface area (Å²) in [6.07, 6.45) is 0. The third-order valence-corrected chi connectivity index (χ3v) is 9.30. The van der Waals surface area contributed by atoms with Crippen LogP contribution in [0.25, 0.3) is 10.2 Å². The summed E-state index contributed by atoms with van der Waals surface area (Å²) >= 11 is 1.15. The average molecular weight is 541 g/mol. The zero-order chi connectivity index (χ0) is 25.8. The molecule has 3 aromatic rings. The van der Waals surface area contributed by atoms with Gasteiger partial charge in [0.25, 0.3) is 5.91 Å². The second kappa shape index (κ2) is 11.1. The Hall–Kier alpha value is -2.42. The fraction of sp³-hybridized carbons (Fsp3) is 0.364. The molecule has 0 fully saturated rings. The minimum Gasteiger partial charge on any atom is -0.380 e. The number of aromatic nitrogens is 1. The monoisotopic (exact) mass is 540 g/mol. The van der Waals surface area contributed by atoms with Crippen LogP contribution in [0.5, 0.6) is 0 Å². The van der Waals surface area contributed by atoms with Crippen molar-refractivity contribution in [3.8, 4) is 0 Å². The molecule has 2 aromatic carbocycles. The number of hydrogen-bond acceptors (Lipinski definition) is 7. The van der Waals surface area contributed by atoms with Gasteiger partial charge in [-0.3, -0.25) is 4.79 Å². The highest BCUT2D eigenvalue weighted by molar-refractivity contribution is 7.89.